The van der Waals surface area contributed by atoms with E-state index in [0.29, 0.717) is 22.4 Å². The van der Waals surface area contributed by atoms with Crippen molar-refractivity contribution in [2.24, 2.45) is 5.92 Å². The van der Waals surface area contributed by atoms with E-state index in [-0.39, 0.29) is 0 Å². The average Bonchev–Trinajstić information content (AvgIpc) is 3.22. The molecule has 3 aromatic rings. The van der Waals surface area contributed by atoms with Crippen molar-refractivity contribution in [3.05, 3.63) is 54.4 Å². The standard InChI is InChI=1S/C28H39N4O2S/c1-30(35(33,34)25-12-8-5-9-13-25)24-14-15-27-26(20-24)29-28(23-16-18-32(2,3)19-17-23)31(27)21-22-10-6-4-7-11-22/h5,8-9,12-15,20,22-23H,4,6-7,10-11,16-19,21H2,1-3H3/q+1. The summed E-state index contributed by atoms with van der Waals surface area (Å²) >= 11 is 0. The van der Waals surface area contributed by atoms with Crippen molar-refractivity contribution in [2.75, 3.05) is 38.5 Å². The fourth-order valence-electron chi connectivity index (χ4n) is 5.88. The second kappa shape index (κ2) is 9.58. The van der Waals surface area contributed by atoms with Crippen molar-refractivity contribution >= 4 is 26.7 Å². The molecule has 5 rings (SSSR count). The number of sulfonamides is 1. The van der Waals surface area contributed by atoms with Crippen LogP contribution in [0, 0.1) is 5.92 Å². The van der Waals surface area contributed by atoms with E-state index in [4.69, 9.17) is 4.98 Å². The highest BCUT2D eigenvalue weighted by Crippen LogP contribution is 2.35. The first-order valence-corrected chi connectivity index (χ1v) is 14.5. The number of rotatable bonds is 6. The van der Waals surface area contributed by atoms with Crippen molar-refractivity contribution in [2.45, 2.75) is 62.3 Å². The van der Waals surface area contributed by atoms with Gasteiger partial charge in [0.05, 0.1) is 48.8 Å². The van der Waals surface area contributed by atoms with Gasteiger partial charge in [0, 0.05) is 32.4 Å². The third kappa shape index (κ3) is 4.98. The molecule has 0 atom stereocenters. The average molecular weight is 496 g/mol. The molecule has 2 fully saturated rings. The van der Waals surface area contributed by atoms with Gasteiger partial charge >= 0.3 is 0 Å². The maximum absolute atomic E-state index is 13.2. The van der Waals surface area contributed by atoms with E-state index in [1.54, 1.807) is 31.3 Å². The zero-order chi connectivity index (χ0) is 24.6. The first-order chi connectivity index (χ1) is 16.7. The number of anilines is 1. The topological polar surface area (TPSA) is 55.2 Å². The highest BCUT2D eigenvalue weighted by Gasteiger charge is 2.31. The van der Waals surface area contributed by atoms with Crippen LogP contribution in [-0.4, -0.2) is 56.7 Å². The van der Waals surface area contributed by atoms with E-state index in [2.05, 4.69) is 24.7 Å². The van der Waals surface area contributed by atoms with Gasteiger partial charge in [-0.2, -0.15) is 0 Å². The van der Waals surface area contributed by atoms with Crippen LogP contribution in [0.4, 0.5) is 5.69 Å². The maximum Gasteiger partial charge on any atom is 0.264 e. The lowest BCUT2D eigenvalue weighted by Gasteiger charge is -2.37. The van der Waals surface area contributed by atoms with Gasteiger partial charge in [-0.1, -0.05) is 37.5 Å². The fraction of sp³-hybridized carbons (Fsp3) is 0.536. The van der Waals surface area contributed by atoms with E-state index in [1.165, 1.54) is 55.3 Å². The quantitative estimate of drug-likeness (QED) is 0.431. The van der Waals surface area contributed by atoms with Gasteiger partial charge in [0.2, 0.25) is 0 Å². The van der Waals surface area contributed by atoms with Gasteiger partial charge in [-0.25, -0.2) is 13.4 Å². The largest absolute Gasteiger partial charge is 0.328 e. The fourth-order valence-corrected chi connectivity index (χ4v) is 7.09. The molecule has 35 heavy (non-hydrogen) atoms. The monoisotopic (exact) mass is 495 g/mol. The Morgan fingerprint density at radius 1 is 0.971 bits per heavy atom. The predicted octanol–water partition coefficient (Wildman–Crippen LogP) is 5.40. The summed E-state index contributed by atoms with van der Waals surface area (Å²) in [7, 11) is 2.64. The number of hydrogen-bond acceptors (Lipinski definition) is 3. The summed E-state index contributed by atoms with van der Waals surface area (Å²) < 4.78 is 31.4. The Labute approximate surface area is 210 Å². The van der Waals surface area contributed by atoms with Crippen LogP contribution in [0.1, 0.15) is 56.7 Å². The van der Waals surface area contributed by atoms with Crippen LogP contribution in [0.5, 0.6) is 0 Å². The molecule has 0 N–H and O–H groups in total. The smallest absolute Gasteiger partial charge is 0.264 e. The molecule has 0 radical (unpaired) electrons. The van der Waals surface area contributed by atoms with Gasteiger partial charge in [-0.05, 0) is 49.1 Å². The number of quaternary nitrogens is 1. The van der Waals surface area contributed by atoms with Crippen LogP contribution in [0.25, 0.3) is 11.0 Å². The van der Waals surface area contributed by atoms with Gasteiger partial charge in [0.1, 0.15) is 5.82 Å². The highest BCUT2D eigenvalue weighted by molar-refractivity contribution is 7.92. The van der Waals surface area contributed by atoms with Crippen molar-refractivity contribution in [3.8, 4) is 0 Å². The summed E-state index contributed by atoms with van der Waals surface area (Å²) in [6.07, 6.45) is 8.90. The molecule has 1 aliphatic heterocycles. The molecule has 6 nitrogen and oxygen atoms in total. The SMILES string of the molecule is CN(c1ccc2c(c1)nc(C1CC[N+](C)(C)CC1)n2CC1CCCCC1)S(=O)(=O)c1ccccc1. The molecule has 7 heteroatoms. The maximum atomic E-state index is 13.2. The summed E-state index contributed by atoms with van der Waals surface area (Å²) in [5, 5.41) is 0. The zero-order valence-electron chi connectivity index (χ0n) is 21.4. The molecule has 1 aliphatic carbocycles. The minimum atomic E-state index is -3.62. The lowest BCUT2D eigenvalue weighted by atomic mass is 9.88. The molecule has 1 saturated carbocycles. The molecular weight excluding hydrogens is 456 g/mol. The number of imidazole rings is 1. The Morgan fingerprint density at radius 2 is 1.66 bits per heavy atom. The Hall–Kier alpha value is -2.38. The van der Waals surface area contributed by atoms with E-state index in [0.717, 1.165) is 34.9 Å². The molecule has 0 spiro atoms. The summed E-state index contributed by atoms with van der Waals surface area (Å²) in [6, 6.07) is 14.6. The molecule has 1 aromatic heterocycles. The Bertz CT molecular complexity index is 1270. The first kappa shape index (κ1) is 24.3. The lowest BCUT2D eigenvalue weighted by molar-refractivity contribution is -0.895. The molecule has 188 valence electrons. The van der Waals surface area contributed by atoms with Gasteiger partial charge in [0.25, 0.3) is 10.0 Å². The number of likely N-dealkylation sites (tertiary alicyclic amines) is 1. The number of aromatic nitrogens is 2. The van der Waals surface area contributed by atoms with E-state index in [9.17, 15) is 8.42 Å². The number of fused-ring (bicyclic) bond motifs is 1. The molecule has 2 heterocycles. The van der Waals surface area contributed by atoms with E-state index >= 15 is 0 Å². The summed E-state index contributed by atoms with van der Waals surface area (Å²) in [5.74, 6) is 2.37. The normalized spacial score (nSPS) is 19.7. The first-order valence-electron chi connectivity index (χ1n) is 13.1. The van der Waals surface area contributed by atoms with Gasteiger partial charge in [0.15, 0.2) is 0 Å². The van der Waals surface area contributed by atoms with Crippen molar-refractivity contribution < 1.29 is 12.9 Å². The molecule has 0 unspecified atom stereocenters. The summed E-state index contributed by atoms with van der Waals surface area (Å²) in [6.45, 7) is 3.36. The van der Waals surface area contributed by atoms with Gasteiger partial charge in [-0.15, -0.1) is 0 Å². The van der Waals surface area contributed by atoms with Crippen LogP contribution in [0.3, 0.4) is 0 Å². The van der Waals surface area contributed by atoms with Crippen LogP contribution in [-0.2, 0) is 16.6 Å². The van der Waals surface area contributed by atoms with Crippen molar-refractivity contribution in [1.29, 1.82) is 0 Å². The number of nitrogens with zero attached hydrogens (tertiary/aromatic N) is 4. The zero-order valence-corrected chi connectivity index (χ0v) is 22.2. The number of hydrogen-bond donors (Lipinski definition) is 0. The van der Waals surface area contributed by atoms with Crippen LogP contribution >= 0.6 is 0 Å². The Morgan fingerprint density at radius 3 is 2.34 bits per heavy atom. The third-order valence-corrected chi connectivity index (χ3v) is 10.0. The molecule has 2 aliphatic rings. The summed E-state index contributed by atoms with van der Waals surface area (Å²) in [5.41, 5.74) is 2.69. The van der Waals surface area contributed by atoms with Crippen LogP contribution in [0.2, 0.25) is 0 Å². The van der Waals surface area contributed by atoms with Crippen molar-refractivity contribution in [3.63, 3.8) is 0 Å². The molecular formula is C28H39N4O2S+. The van der Waals surface area contributed by atoms with E-state index < -0.39 is 10.0 Å². The van der Waals surface area contributed by atoms with E-state index in [1.807, 2.05) is 18.2 Å². The third-order valence-electron chi connectivity index (χ3n) is 8.22. The van der Waals surface area contributed by atoms with Crippen molar-refractivity contribution in [1.82, 2.24) is 9.55 Å². The Kier molecular flexibility index (Phi) is 6.66. The summed E-state index contributed by atoms with van der Waals surface area (Å²) in [4.78, 5) is 5.48. The number of benzene rings is 2. The Balaban J connectivity index is 1.51. The molecule has 0 amide bonds. The van der Waals surface area contributed by atoms with Crippen LogP contribution in [0.15, 0.2) is 53.4 Å². The predicted molar refractivity (Wildman–Crippen MR) is 142 cm³/mol. The minimum Gasteiger partial charge on any atom is -0.328 e. The molecule has 0 bridgehead atoms. The second-order valence-electron chi connectivity index (χ2n) is 11.2. The van der Waals surface area contributed by atoms with Gasteiger partial charge in [-0.3, -0.25) is 4.31 Å². The minimum absolute atomic E-state index is 0.300. The highest BCUT2D eigenvalue weighted by atomic mass is 32.2. The lowest BCUT2D eigenvalue weighted by Crippen LogP contribution is -2.45. The van der Waals surface area contributed by atoms with Crippen LogP contribution < -0.4 is 4.31 Å². The number of piperidine rings is 1. The molecule has 1 saturated heterocycles. The van der Waals surface area contributed by atoms with Gasteiger partial charge < -0.3 is 9.05 Å². The second-order valence-corrected chi connectivity index (χ2v) is 13.2. The molecule has 2 aromatic carbocycles.